The van der Waals surface area contributed by atoms with E-state index in [0.717, 1.165) is 12.4 Å². The van der Waals surface area contributed by atoms with Gasteiger partial charge in [-0.25, -0.2) is 0 Å². The summed E-state index contributed by atoms with van der Waals surface area (Å²) in [5.74, 6) is 1.45. The molecule has 2 aromatic carbocycles. The minimum atomic E-state index is 0.494. The molecule has 1 heteroatoms. The van der Waals surface area contributed by atoms with Gasteiger partial charge < -0.3 is 4.74 Å². The van der Waals surface area contributed by atoms with Gasteiger partial charge in [0.2, 0.25) is 0 Å². The van der Waals surface area contributed by atoms with Gasteiger partial charge >= 0.3 is 0 Å². The van der Waals surface area contributed by atoms with Crippen LogP contribution < -0.4 is 4.74 Å². The standard InChI is InChI=1S/C20H26O/c1-3-5-7-12-20(17-10-8-6-9-11-17)18-13-15-19(16-14-18)21-4-2/h6,8-11,13-16,20H,3-5,7,12H2,1-2H3. The summed E-state index contributed by atoms with van der Waals surface area (Å²) in [6.45, 7) is 5.00. The van der Waals surface area contributed by atoms with Gasteiger partial charge in [0.1, 0.15) is 5.75 Å². The topological polar surface area (TPSA) is 9.23 Å². The molecule has 112 valence electrons. The van der Waals surface area contributed by atoms with E-state index in [-0.39, 0.29) is 0 Å². The Hall–Kier alpha value is -1.76. The Balaban J connectivity index is 2.17. The maximum atomic E-state index is 5.54. The van der Waals surface area contributed by atoms with Crippen molar-refractivity contribution in [3.05, 3.63) is 65.7 Å². The zero-order valence-corrected chi connectivity index (χ0v) is 13.2. The molecule has 1 atom stereocenters. The average Bonchev–Trinajstić information content (AvgIpc) is 2.54. The van der Waals surface area contributed by atoms with E-state index in [1.54, 1.807) is 0 Å². The summed E-state index contributed by atoms with van der Waals surface area (Å²) in [6, 6.07) is 19.5. The molecule has 0 aromatic heterocycles. The molecular weight excluding hydrogens is 256 g/mol. The van der Waals surface area contributed by atoms with Crippen molar-refractivity contribution in [3.63, 3.8) is 0 Å². The third-order valence-electron chi connectivity index (χ3n) is 3.89. The lowest BCUT2D eigenvalue weighted by Gasteiger charge is -2.18. The fourth-order valence-corrected chi connectivity index (χ4v) is 2.77. The second kappa shape index (κ2) is 8.51. The molecule has 0 saturated carbocycles. The first kappa shape index (κ1) is 15.6. The van der Waals surface area contributed by atoms with Crippen molar-refractivity contribution in [1.29, 1.82) is 0 Å². The Morgan fingerprint density at radius 2 is 1.48 bits per heavy atom. The van der Waals surface area contributed by atoms with E-state index in [1.807, 2.05) is 6.92 Å². The molecular formula is C20H26O. The highest BCUT2D eigenvalue weighted by molar-refractivity contribution is 5.36. The zero-order chi connectivity index (χ0) is 14.9. The maximum Gasteiger partial charge on any atom is 0.119 e. The maximum absolute atomic E-state index is 5.54. The van der Waals surface area contributed by atoms with Crippen LogP contribution in [0.5, 0.6) is 5.75 Å². The smallest absolute Gasteiger partial charge is 0.119 e. The van der Waals surface area contributed by atoms with Crippen molar-refractivity contribution >= 4 is 0 Å². The summed E-state index contributed by atoms with van der Waals surface area (Å²) in [5, 5.41) is 0. The predicted octanol–water partition coefficient (Wildman–Crippen LogP) is 5.80. The lowest BCUT2D eigenvalue weighted by atomic mass is 9.87. The van der Waals surface area contributed by atoms with Gasteiger partial charge in [-0.05, 0) is 36.6 Å². The number of hydrogen-bond donors (Lipinski definition) is 0. The van der Waals surface area contributed by atoms with Gasteiger partial charge in [-0.15, -0.1) is 0 Å². The molecule has 2 aromatic rings. The van der Waals surface area contributed by atoms with Gasteiger partial charge in [0.15, 0.2) is 0 Å². The Morgan fingerprint density at radius 3 is 2.10 bits per heavy atom. The highest BCUT2D eigenvalue weighted by Gasteiger charge is 2.13. The molecule has 0 amide bonds. The van der Waals surface area contributed by atoms with Gasteiger partial charge in [-0.2, -0.15) is 0 Å². The summed E-state index contributed by atoms with van der Waals surface area (Å²) >= 11 is 0. The second-order valence-electron chi connectivity index (χ2n) is 5.46. The molecule has 1 nitrogen and oxygen atoms in total. The number of hydrogen-bond acceptors (Lipinski definition) is 1. The normalized spacial score (nSPS) is 12.1. The van der Waals surface area contributed by atoms with Crippen LogP contribution in [0.25, 0.3) is 0 Å². The van der Waals surface area contributed by atoms with Crippen LogP contribution in [-0.4, -0.2) is 6.61 Å². The third-order valence-corrected chi connectivity index (χ3v) is 3.89. The number of unbranched alkanes of at least 4 members (excludes halogenated alkanes) is 2. The summed E-state index contributed by atoms with van der Waals surface area (Å²) in [7, 11) is 0. The van der Waals surface area contributed by atoms with E-state index in [1.165, 1.54) is 36.8 Å². The molecule has 0 radical (unpaired) electrons. The van der Waals surface area contributed by atoms with Gasteiger partial charge in [-0.1, -0.05) is 68.7 Å². The first-order valence-corrected chi connectivity index (χ1v) is 8.12. The van der Waals surface area contributed by atoms with Crippen molar-refractivity contribution in [2.45, 2.75) is 45.4 Å². The molecule has 0 aliphatic heterocycles. The fourth-order valence-electron chi connectivity index (χ4n) is 2.77. The fraction of sp³-hybridized carbons (Fsp3) is 0.400. The van der Waals surface area contributed by atoms with Crippen LogP contribution in [-0.2, 0) is 0 Å². The molecule has 0 aliphatic carbocycles. The summed E-state index contributed by atoms with van der Waals surface area (Å²) in [6.07, 6.45) is 5.07. The first-order valence-electron chi connectivity index (χ1n) is 8.12. The van der Waals surface area contributed by atoms with Crippen LogP contribution in [0.3, 0.4) is 0 Å². The average molecular weight is 282 g/mol. The van der Waals surface area contributed by atoms with E-state index in [4.69, 9.17) is 4.74 Å². The molecule has 0 heterocycles. The number of rotatable bonds is 8. The van der Waals surface area contributed by atoms with Crippen LogP contribution in [0.15, 0.2) is 54.6 Å². The largest absolute Gasteiger partial charge is 0.494 e. The van der Waals surface area contributed by atoms with E-state index in [0.29, 0.717) is 5.92 Å². The van der Waals surface area contributed by atoms with Gasteiger partial charge in [0.25, 0.3) is 0 Å². The molecule has 1 unspecified atom stereocenters. The van der Waals surface area contributed by atoms with E-state index >= 15 is 0 Å². The summed E-state index contributed by atoms with van der Waals surface area (Å²) < 4.78 is 5.54. The highest BCUT2D eigenvalue weighted by atomic mass is 16.5. The third kappa shape index (κ3) is 4.63. The minimum absolute atomic E-state index is 0.494. The Morgan fingerprint density at radius 1 is 0.810 bits per heavy atom. The summed E-state index contributed by atoms with van der Waals surface area (Å²) in [5.41, 5.74) is 2.80. The quantitative estimate of drug-likeness (QED) is 0.556. The molecule has 2 rings (SSSR count). The first-order chi connectivity index (χ1) is 10.3. The van der Waals surface area contributed by atoms with E-state index in [2.05, 4.69) is 61.5 Å². The number of benzene rings is 2. The Bertz CT molecular complexity index is 501. The molecule has 0 saturated heterocycles. The molecule has 0 bridgehead atoms. The van der Waals surface area contributed by atoms with Crippen LogP contribution in [0.2, 0.25) is 0 Å². The SMILES string of the molecule is CCCCCC(c1ccccc1)c1ccc(OCC)cc1. The lowest BCUT2D eigenvalue weighted by Crippen LogP contribution is -2.01. The molecule has 0 fully saturated rings. The molecule has 0 spiro atoms. The van der Waals surface area contributed by atoms with Crippen molar-refractivity contribution in [1.82, 2.24) is 0 Å². The van der Waals surface area contributed by atoms with E-state index in [9.17, 15) is 0 Å². The zero-order valence-electron chi connectivity index (χ0n) is 13.2. The van der Waals surface area contributed by atoms with Crippen molar-refractivity contribution in [2.24, 2.45) is 0 Å². The predicted molar refractivity (Wildman–Crippen MR) is 90.0 cm³/mol. The lowest BCUT2D eigenvalue weighted by molar-refractivity contribution is 0.340. The van der Waals surface area contributed by atoms with Crippen molar-refractivity contribution in [2.75, 3.05) is 6.61 Å². The van der Waals surface area contributed by atoms with Gasteiger partial charge in [0.05, 0.1) is 6.61 Å². The van der Waals surface area contributed by atoms with Crippen LogP contribution in [0, 0.1) is 0 Å². The van der Waals surface area contributed by atoms with Crippen LogP contribution in [0.4, 0.5) is 0 Å². The second-order valence-corrected chi connectivity index (χ2v) is 5.46. The molecule has 21 heavy (non-hydrogen) atoms. The van der Waals surface area contributed by atoms with Gasteiger partial charge in [0, 0.05) is 5.92 Å². The molecule has 0 N–H and O–H groups in total. The molecule has 0 aliphatic rings. The Kier molecular flexibility index (Phi) is 6.33. The monoisotopic (exact) mass is 282 g/mol. The minimum Gasteiger partial charge on any atom is -0.494 e. The number of ether oxygens (including phenoxy) is 1. The van der Waals surface area contributed by atoms with Crippen molar-refractivity contribution < 1.29 is 4.74 Å². The van der Waals surface area contributed by atoms with E-state index < -0.39 is 0 Å². The Labute approximate surface area is 129 Å². The van der Waals surface area contributed by atoms with Crippen LogP contribution >= 0.6 is 0 Å². The van der Waals surface area contributed by atoms with Gasteiger partial charge in [-0.3, -0.25) is 0 Å². The van der Waals surface area contributed by atoms with Crippen molar-refractivity contribution in [3.8, 4) is 5.75 Å². The summed E-state index contributed by atoms with van der Waals surface area (Å²) in [4.78, 5) is 0. The highest BCUT2D eigenvalue weighted by Crippen LogP contribution is 2.31. The van der Waals surface area contributed by atoms with Crippen LogP contribution in [0.1, 0.15) is 56.6 Å².